The highest BCUT2D eigenvalue weighted by Gasteiger charge is 2.25. The summed E-state index contributed by atoms with van der Waals surface area (Å²) in [5.74, 6) is 0.868. The van der Waals surface area contributed by atoms with E-state index in [1.807, 2.05) is 59.1 Å². The number of nitrogens with one attached hydrogen (secondary N) is 3. The third-order valence-corrected chi connectivity index (χ3v) is 7.44. The smallest absolute Gasteiger partial charge is 0.255 e. The number of H-pyrrole nitrogens is 2. The lowest BCUT2D eigenvalue weighted by Gasteiger charge is -2.28. The van der Waals surface area contributed by atoms with Crippen molar-refractivity contribution in [1.29, 1.82) is 0 Å². The summed E-state index contributed by atoms with van der Waals surface area (Å²) in [7, 11) is 0. The van der Waals surface area contributed by atoms with Crippen molar-refractivity contribution in [3.8, 4) is 11.1 Å². The molecule has 0 spiro atoms. The van der Waals surface area contributed by atoms with Gasteiger partial charge in [0.05, 0.1) is 6.54 Å². The molecule has 0 atom stereocenters. The van der Waals surface area contributed by atoms with Crippen LogP contribution in [0.25, 0.3) is 22.0 Å². The number of carbonyl (C=O) groups excluding carboxylic acids is 1. The first-order chi connectivity index (χ1) is 18.2. The lowest BCUT2D eigenvalue weighted by Crippen LogP contribution is -2.43. The molecule has 3 aromatic heterocycles. The van der Waals surface area contributed by atoms with Crippen LogP contribution in [-0.4, -0.2) is 58.0 Å². The highest BCUT2D eigenvalue weighted by Crippen LogP contribution is 2.31. The van der Waals surface area contributed by atoms with E-state index in [-0.39, 0.29) is 24.1 Å². The Hall–Kier alpha value is -3.91. The molecule has 0 aliphatic carbocycles. The number of nitrogens with zero attached hydrogens (tertiary/aromatic N) is 3. The van der Waals surface area contributed by atoms with Crippen molar-refractivity contribution >= 4 is 22.6 Å². The summed E-state index contributed by atoms with van der Waals surface area (Å²) in [6, 6.07) is 10.0. The second kappa shape index (κ2) is 10.5. The van der Waals surface area contributed by atoms with Crippen LogP contribution in [0.1, 0.15) is 46.6 Å². The molecule has 1 aromatic carbocycles. The third kappa shape index (κ3) is 4.96. The molecule has 1 saturated heterocycles. The SMILES string of the molecule is Cc1cc(C)c(CN(C(=O)c2cc(-c3ccc(N4CCNCC4)nc3)cc3[nH]cc(C)c23)C(C)C)c(=O)[nH]1. The molecular formula is C30H36N6O2. The molecule has 1 fully saturated rings. The van der Waals surface area contributed by atoms with Crippen LogP contribution in [0.5, 0.6) is 0 Å². The van der Waals surface area contributed by atoms with Gasteiger partial charge in [-0.1, -0.05) is 0 Å². The van der Waals surface area contributed by atoms with E-state index in [4.69, 9.17) is 4.98 Å². The largest absolute Gasteiger partial charge is 0.361 e. The number of aromatic amines is 2. The molecule has 8 heteroatoms. The monoisotopic (exact) mass is 512 g/mol. The summed E-state index contributed by atoms with van der Waals surface area (Å²) >= 11 is 0. The minimum Gasteiger partial charge on any atom is -0.361 e. The number of carbonyl (C=O) groups is 1. The first-order valence-corrected chi connectivity index (χ1v) is 13.3. The van der Waals surface area contributed by atoms with E-state index >= 15 is 0 Å². The molecule has 0 radical (unpaired) electrons. The third-order valence-electron chi connectivity index (χ3n) is 7.44. The van der Waals surface area contributed by atoms with Crippen LogP contribution in [0.2, 0.25) is 0 Å². The number of hydrogen-bond donors (Lipinski definition) is 3. The Labute approximate surface area is 223 Å². The van der Waals surface area contributed by atoms with Crippen LogP contribution >= 0.6 is 0 Å². The topological polar surface area (TPSA) is 97.1 Å². The van der Waals surface area contributed by atoms with E-state index < -0.39 is 0 Å². The van der Waals surface area contributed by atoms with Gasteiger partial charge in [-0.25, -0.2) is 4.98 Å². The summed E-state index contributed by atoms with van der Waals surface area (Å²) in [6.45, 7) is 13.8. The average molecular weight is 513 g/mol. The maximum absolute atomic E-state index is 14.2. The van der Waals surface area contributed by atoms with E-state index in [9.17, 15) is 9.59 Å². The molecule has 4 aromatic rings. The summed E-state index contributed by atoms with van der Waals surface area (Å²) in [5.41, 5.74) is 6.58. The zero-order chi connectivity index (χ0) is 27.0. The summed E-state index contributed by atoms with van der Waals surface area (Å²) in [6.07, 6.45) is 3.82. The molecule has 4 heterocycles. The van der Waals surface area contributed by atoms with E-state index in [0.29, 0.717) is 11.1 Å². The van der Waals surface area contributed by atoms with Gasteiger partial charge < -0.3 is 25.1 Å². The van der Waals surface area contributed by atoms with Crippen LogP contribution in [-0.2, 0) is 6.54 Å². The lowest BCUT2D eigenvalue weighted by molar-refractivity contribution is 0.0691. The number of hydrogen-bond acceptors (Lipinski definition) is 5. The molecule has 1 amide bonds. The number of amides is 1. The van der Waals surface area contributed by atoms with Crippen molar-refractivity contribution in [2.45, 2.75) is 47.2 Å². The van der Waals surface area contributed by atoms with Gasteiger partial charge in [0.15, 0.2) is 0 Å². The molecule has 5 rings (SSSR count). The number of benzene rings is 1. The summed E-state index contributed by atoms with van der Waals surface area (Å²) in [5, 5.41) is 4.28. The fourth-order valence-corrected chi connectivity index (χ4v) is 5.30. The summed E-state index contributed by atoms with van der Waals surface area (Å²) in [4.78, 5) is 42.0. The maximum atomic E-state index is 14.2. The fraction of sp³-hybridized carbons (Fsp3) is 0.367. The zero-order valence-electron chi connectivity index (χ0n) is 22.8. The number of pyridine rings is 2. The minimum atomic E-state index is -0.145. The molecular weight excluding hydrogens is 476 g/mol. The van der Waals surface area contributed by atoms with Gasteiger partial charge in [-0.05, 0) is 81.6 Å². The first kappa shape index (κ1) is 25.7. The van der Waals surface area contributed by atoms with Crippen molar-refractivity contribution in [3.05, 3.63) is 81.0 Å². The number of aryl methyl sites for hydroxylation is 3. The second-order valence-electron chi connectivity index (χ2n) is 10.5. The first-order valence-electron chi connectivity index (χ1n) is 13.3. The standard InChI is InChI=1S/C30H36N6O2/c1-18(2)36(17-25-19(3)12-21(5)34-29(25)37)30(38)24-13-23(14-26-28(24)20(4)15-32-26)22-6-7-27(33-16-22)35-10-8-31-9-11-35/h6-7,12-16,18,31-32H,8-11,17H2,1-5H3,(H,34,37). The highest BCUT2D eigenvalue weighted by molar-refractivity contribution is 6.09. The molecule has 198 valence electrons. The Kier molecular flexibility index (Phi) is 7.08. The van der Waals surface area contributed by atoms with E-state index in [2.05, 4.69) is 38.4 Å². The van der Waals surface area contributed by atoms with Crippen molar-refractivity contribution in [2.24, 2.45) is 0 Å². The van der Waals surface area contributed by atoms with Crippen LogP contribution in [0.3, 0.4) is 0 Å². The molecule has 0 bridgehead atoms. The Morgan fingerprint density at radius 1 is 1.05 bits per heavy atom. The predicted molar refractivity (Wildman–Crippen MR) is 153 cm³/mol. The molecule has 1 aliphatic heterocycles. The molecule has 0 saturated carbocycles. The second-order valence-corrected chi connectivity index (χ2v) is 10.5. The minimum absolute atomic E-state index is 0.0967. The number of anilines is 1. The van der Waals surface area contributed by atoms with Gasteiger partial charge in [0.25, 0.3) is 11.5 Å². The van der Waals surface area contributed by atoms with Gasteiger partial charge in [0, 0.05) is 77.9 Å². The van der Waals surface area contributed by atoms with E-state index in [1.54, 1.807) is 4.90 Å². The normalized spacial score (nSPS) is 13.9. The van der Waals surface area contributed by atoms with Gasteiger partial charge in [0.2, 0.25) is 0 Å². The average Bonchev–Trinajstić information content (AvgIpc) is 3.28. The number of aromatic nitrogens is 3. The Morgan fingerprint density at radius 3 is 2.47 bits per heavy atom. The quantitative estimate of drug-likeness (QED) is 0.358. The van der Waals surface area contributed by atoms with Crippen molar-refractivity contribution in [3.63, 3.8) is 0 Å². The number of fused-ring (bicyclic) bond motifs is 1. The number of piperazine rings is 1. The van der Waals surface area contributed by atoms with Crippen LogP contribution in [0.4, 0.5) is 5.82 Å². The predicted octanol–water partition coefficient (Wildman–Crippen LogP) is 4.30. The highest BCUT2D eigenvalue weighted by atomic mass is 16.2. The van der Waals surface area contributed by atoms with Crippen LogP contribution < -0.4 is 15.8 Å². The molecule has 0 unspecified atom stereocenters. The van der Waals surface area contributed by atoms with E-state index in [0.717, 1.165) is 70.8 Å². The fourth-order valence-electron chi connectivity index (χ4n) is 5.30. The van der Waals surface area contributed by atoms with Gasteiger partial charge in [-0.3, -0.25) is 9.59 Å². The molecule has 1 aliphatic rings. The molecule has 38 heavy (non-hydrogen) atoms. The Balaban J connectivity index is 1.53. The van der Waals surface area contributed by atoms with Gasteiger partial charge >= 0.3 is 0 Å². The Morgan fingerprint density at radius 2 is 1.82 bits per heavy atom. The maximum Gasteiger partial charge on any atom is 0.255 e. The Bertz CT molecular complexity index is 1530. The van der Waals surface area contributed by atoms with Gasteiger partial charge in [-0.15, -0.1) is 0 Å². The van der Waals surface area contributed by atoms with Gasteiger partial charge in [-0.2, -0.15) is 0 Å². The molecule has 3 N–H and O–H groups in total. The number of rotatable bonds is 6. The van der Waals surface area contributed by atoms with Crippen LogP contribution in [0, 0.1) is 20.8 Å². The van der Waals surface area contributed by atoms with Crippen LogP contribution in [0.15, 0.2) is 47.5 Å². The molecule has 8 nitrogen and oxygen atoms in total. The van der Waals surface area contributed by atoms with E-state index in [1.165, 1.54) is 0 Å². The van der Waals surface area contributed by atoms with Crippen molar-refractivity contribution in [1.82, 2.24) is 25.2 Å². The lowest BCUT2D eigenvalue weighted by atomic mass is 9.98. The zero-order valence-corrected chi connectivity index (χ0v) is 22.8. The van der Waals surface area contributed by atoms with Crippen molar-refractivity contribution < 1.29 is 4.79 Å². The van der Waals surface area contributed by atoms with Gasteiger partial charge in [0.1, 0.15) is 5.82 Å². The summed E-state index contributed by atoms with van der Waals surface area (Å²) < 4.78 is 0. The van der Waals surface area contributed by atoms with Crippen molar-refractivity contribution in [2.75, 3.05) is 31.1 Å².